The van der Waals surface area contributed by atoms with E-state index >= 15 is 0 Å². The van der Waals surface area contributed by atoms with E-state index in [1.807, 2.05) is 32.0 Å². The summed E-state index contributed by atoms with van der Waals surface area (Å²) in [7, 11) is 3.21. The Balaban J connectivity index is 0.00000420. The monoisotopic (exact) mass is 428 g/mol. The van der Waals surface area contributed by atoms with Crippen LogP contribution in [0.2, 0.25) is 0 Å². The molecular weight excluding hydrogens is 396 g/mol. The van der Waals surface area contributed by atoms with Crippen LogP contribution in [0.1, 0.15) is 31.9 Å². The van der Waals surface area contributed by atoms with Crippen LogP contribution in [0.4, 0.5) is 4.79 Å². The van der Waals surface area contributed by atoms with Gasteiger partial charge in [-0.3, -0.25) is 9.69 Å². The maximum absolute atomic E-state index is 12.7. The largest absolute Gasteiger partial charge is 0.497 e. The van der Waals surface area contributed by atoms with Crippen molar-refractivity contribution in [3.63, 3.8) is 0 Å². The van der Waals surface area contributed by atoms with E-state index in [9.17, 15) is 9.59 Å². The normalized spacial score (nSPS) is 15.1. The highest BCUT2D eigenvalue weighted by Crippen LogP contribution is 2.29. The zero-order valence-corrected chi connectivity index (χ0v) is 18.5. The van der Waals surface area contributed by atoms with Crippen molar-refractivity contribution in [3.8, 4) is 11.5 Å². The Hall–Kier alpha value is -2.19. The molecule has 1 saturated heterocycles. The predicted octanol–water partition coefficient (Wildman–Crippen LogP) is 2.04. The first-order valence-electron chi connectivity index (χ1n) is 9.74. The van der Waals surface area contributed by atoms with Gasteiger partial charge in [-0.2, -0.15) is 0 Å². The third-order valence-electron chi connectivity index (χ3n) is 4.84. The minimum atomic E-state index is -0.226. The Morgan fingerprint density at radius 2 is 1.83 bits per heavy atom. The molecule has 0 saturated carbocycles. The number of halogens is 1. The third-order valence-corrected chi connectivity index (χ3v) is 4.84. The molecule has 0 aromatic heterocycles. The van der Waals surface area contributed by atoms with Crippen molar-refractivity contribution in [1.82, 2.24) is 20.4 Å². The molecule has 0 aliphatic carbocycles. The standard InChI is InChI=1S/C20H32N4O4.ClH/c1-5-8-21-19(25)14-23-9-11-24(12-10-23)20(26)22-15(2)17-13-16(27-3)6-7-18(17)28-4;/h6-7,13,15H,5,8-12,14H2,1-4H3,(H,21,25)(H,22,26);1H. The number of amides is 3. The number of hydrogen-bond donors (Lipinski definition) is 2. The Bertz CT molecular complexity index is 666. The lowest BCUT2D eigenvalue weighted by molar-refractivity contribution is -0.122. The quantitative estimate of drug-likeness (QED) is 0.662. The number of benzene rings is 1. The molecule has 1 aromatic carbocycles. The molecule has 1 unspecified atom stereocenters. The van der Waals surface area contributed by atoms with E-state index in [-0.39, 0.29) is 30.4 Å². The number of rotatable bonds is 8. The minimum absolute atomic E-state index is 0. The van der Waals surface area contributed by atoms with Gasteiger partial charge in [-0.25, -0.2) is 4.79 Å². The van der Waals surface area contributed by atoms with Crippen molar-refractivity contribution >= 4 is 24.3 Å². The number of nitrogens with one attached hydrogen (secondary N) is 2. The van der Waals surface area contributed by atoms with Gasteiger partial charge in [0.1, 0.15) is 11.5 Å². The van der Waals surface area contributed by atoms with Gasteiger partial charge >= 0.3 is 6.03 Å². The van der Waals surface area contributed by atoms with Gasteiger partial charge in [-0.1, -0.05) is 6.92 Å². The second-order valence-electron chi connectivity index (χ2n) is 6.89. The summed E-state index contributed by atoms with van der Waals surface area (Å²) in [6.07, 6.45) is 0.927. The number of nitrogens with zero attached hydrogens (tertiary/aromatic N) is 2. The fraction of sp³-hybridized carbons (Fsp3) is 0.600. The summed E-state index contributed by atoms with van der Waals surface area (Å²) in [4.78, 5) is 28.3. The van der Waals surface area contributed by atoms with Crippen molar-refractivity contribution < 1.29 is 19.1 Å². The maximum Gasteiger partial charge on any atom is 0.317 e. The van der Waals surface area contributed by atoms with Gasteiger partial charge in [-0.15, -0.1) is 12.4 Å². The molecule has 29 heavy (non-hydrogen) atoms. The molecule has 1 aromatic rings. The zero-order valence-electron chi connectivity index (χ0n) is 17.7. The number of ether oxygens (including phenoxy) is 2. The van der Waals surface area contributed by atoms with Crippen LogP contribution in [0.5, 0.6) is 11.5 Å². The summed E-state index contributed by atoms with van der Waals surface area (Å²) in [6, 6.07) is 5.19. The average Bonchev–Trinajstić information content (AvgIpc) is 2.72. The second-order valence-corrected chi connectivity index (χ2v) is 6.89. The van der Waals surface area contributed by atoms with Crippen LogP contribution < -0.4 is 20.1 Å². The highest BCUT2D eigenvalue weighted by Gasteiger charge is 2.24. The molecule has 0 bridgehead atoms. The summed E-state index contributed by atoms with van der Waals surface area (Å²) in [5.41, 5.74) is 0.862. The van der Waals surface area contributed by atoms with Crippen LogP contribution >= 0.6 is 12.4 Å². The molecule has 1 heterocycles. The first-order valence-corrected chi connectivity index (χ1v) is 9.74. The van der Waals surface area contributed by atoms with Crippen LogP contribution in [0.15, 0.2) is 18.2 Å². The van der Waals surface area contributed by atoms with Crippen molar-refractivity contribution in [2.75, 3.05) is 53.5 Å². The Morgan fingerprint density at radius 3 is 2.41 bits per heavy atom. The first-order chi connectivity index (χ1) is 13.5. The average molecular weight is 429 g/mol. The molecule has 1 aliphatic heterocycles. The molecule has 9 heteroatoms. The number of carbonyl (C=O) groups is 2. The Morgan fingerprint density at radius 1 is 1.14 bits per heavy atom. The molecule has 1 aliphatic rings. The van der Waals surface area contributed by atoms with Gasteiger partial charge in [0.15, 0.2) is 0 Å². The van der Waals surface area contributed by atoms with Crippen molar-refractivity contribution in [3.05, 3.63) is 23.8 Å². The number of urea groups is 1. The SMILES string of the molecule is CCCNC(=O)CN1CCN(C(=O)NC(C)c2cc(OC)ccc2OC)CC1.Cl. The molecule has 8 nitrogen and oxygen atoms in total. The van der Waals surface area contributed by atoms with Gasteiger partial charge in [0, 0.05) is 38.3 Å². The number of piperazine rings is 1. The Labute approximate surface area is 179 Å². The van der Waals surface area contributed by atoms with Crippen LogP contribution in [0.3, 0.4) is 0 Å². The van der Waals surface area contributed by atoms with Gasteiger partial charge in [0.25, 0.3) is 0 Å². The van der Waals surface area contributed by atoms with E-state index < -0.39 is 0 Å². The van der Waals surface area contributed by atoms with E-state index in [4.69, 9.17) is 9.47 Å². The lowest BCUT2D eigenvalue weighted by atomic mass is 10.1. The van der Waals surface area contributed by atoms with E-state index in [2.05, 4.69) is 15.5 Å². The molecule has 2 N–H and O–H groups in total. The van der Waals surface area contributed by atoms with Gasteiger partial charge in [0.05, 0.1) is 26.8 Å². The molecule has 164 valence electrons. The van der Waals surface area contributed by atoms with Crippen molar-refractivity contribution in [2.24, 2.45) is 0 Å². The summed E-state index contributed by atoms with van der Waals surface area (Å²) in [6.45, 7) is 7.58. The zero-order chi connectivity index (χ0) is 20.5. The van der Waals surface area contributed by atoms with Gasteiger partial charge in [0.2, 0.25) is 5.91 Å². The fourth-order valence-electron chi connectivity index (χ4n) is 3.16. The third kappa shape index (κ3) is 7.29. The highest BCUT2D eigenvalue weighted by molar-refractivity contribution is 5.85. The van der Waals surface area contributed by atoms with E-state index in [1.165, 1.54) is 0 Å². The van der Waals surface area contributed by atoms with Crippen molar-refractivity contribution in [1.29, 1.82) is 0 Å². The van der Waals surface area contributed by atoms with Gasteiger partial charge in [-0.05, 0) is 31.5 Å². The number of methoxy groups -OCH3 is 2. The first kappa shape index (κ1) is 24.8. The van der Waals surface area contributed by atoms with E-state index in [0.717, 1.165) is 12.0 Å². The number of carbonyl (C=O) groups excluding carboxylic acids is 2. The molecule has 0 radical (unpaired) electrons. The Kier molecular flexibility index (Phi) is 10.6. The molecule has 1 fully saturated rings. The number of hydrogen-bond acceptors (Lipinski definition) is 5. The fourth-order valence-corrected chi connectivity index (χ4v) is 3.16. The second kappa shape index (κ2) is 12.4. The summed E-state index contributed by atoms with van der Waals surface area (Å²) in [5, 5.41) is 5.91. The van der Waals surface area contributed by atoms with Gasteiger partial charge < -0.3 is 25.0 Å². The minimum Gasteiger partial charge on any atom is -0.497 e. The van der Waals surface area contributed by atoms with E-state index in [0.29, 0.717) is 50.8 Å². The molecule has 2 rings (SSSR count). The summed E-state index contributed by atoms with van der Waals surface area (Å²) >= 11 is 0. The maximum atomic E-state index is 12.7. The highest BCUT2D eigenvalue weighted by atomic mass is 35.5. The summed E-state index contributed by atoms with van der Waals surface area (Å²) < 4.78 is 10.7. The molecular formula is C20H33ClN4O4. The lowest BCUT2D eigenvalue weighted by Gasteiger charge is -2.35. The van der Waals surface area contributed by atoms with E-state index in [1.54, 1.807) is 19.1 Å². The van der Waals surface area contributed by atoms with Crippen molar-refractivity contribution in [2.45, 2.75) is 26.3 Å². The predicted molar refractivity (Wildman–Crippen MR) is 115 cm³/mol. The topological polar surface area (TPSA) is 83.1 Å². The van der Waals surface area contributed by atoms with Crippen LogP contribution in [-0.4, -0.2) is 75.2 Å². The lowest BCUT2D eigenvalue weighted by Crippen LogP contribution is -2.53. The summed E-state index contributed by atoms with van der Waals surface area (Å²) in [5.74, 6) is 1.46. The molecule has 0 spiro atoms. The smallest absolute Gasteiger partial charge is 0.317 e. The van der Waals surface area contributed by atoms with Crippen LogP contribution in [0, 0.1) is 0 Å². The van der Waals surface area contributed by atoms with Crippen LogP contribution in [0.25, 0.3) is 0 Å². The molecule has 3 amide bonds. The molecule has 1 atom stereocenters. The van der Waals surface area contributed by atoms with Crippen LogP contribution in [-0.2, 0) is 4.79 Å².